The lowest BCUT2D eigenvalue weighted by Crippen LogP contribution is -2.15. The average molecular weight is 304 g/mol. The molecule has 2 rings (SSSR count). The molecule has 0 amide bonds. The number of hydrogen-bond donors (Lipinski definition) is 2. The Bertz CT molecular complexity index is 727. The van der Waals surface area contributed by atoms with Crippen molar-refractivity contribution in [3.63, 3.8) is 0 Å². The Morgan fingerprint density at radius 2 is 1.52 bits per heavy atom. The minimum Gasteiger partial charge on any atom is -0.326 e. The van der Waals surface area contributed by atoms with Crippen LogP contribution in [0.15, 0.2) is 41.3 Å². The van der Waals surface area contributed by atoms with Crippen LogP contribution in [0.25, 0.3) is 0 Å². The summed E-state index contributed by atoms with van der Waals surface area (Å²) >= 11 is 0. The molecule has 0 aromatic heterocycles. The molecule has 0 heterocycles. The smallest absolute Gasteiger partial charge is 0.261 e. The van der Waals surface area contributed by atoms with Gasteiger partial charge in [-0.25, -0.2) is 8.42 Å². The fourth-order valence-corrected chi connectivity index (χ4v) is 3.54. The van der Waals surface area contributed by atoms with Gasteiger partial charge in [-0.1, -0.05) is 29.8 Å². The summed E-state index contributed by atoms with van der Waals surface area (Å²) in [6, 6.07) is 10.5. The molecule has 21 heavy (non-hydrogen) atoms. The largest absolute Gasteiger partial charge is 0.326 e. The molecule has 0 saturated carbocycles. The molecule has 0 bridgehead atoms. The fourth-order valence-electron chi connectivity index (χ4n) is 2.34. The number of rotatable bonds is 4. The van der Waals surface area contributed by atoms with Gasteiger partial charge in [-0.15, -0.1) is 0 Å². The van der Waals surface area contributed by atoms with E-state index in [4.69, 9.17) is 5.73 Å². The van der Waals surface area contributed by atoms with Gasteiger partial charge in [0.25, 0.3) is 10.0 Å². The lowest BCUT2D eigenvalue weighted by atomic mass is 10.1. The minimum atomic E-state index is -3.59. The third-order valence-electron chi connectivity index (χ3n) is 3.38. The van der Waals surface area contributed by atoms with Crippen LogP contribution >= 0.6 is 0 Å². The number of benzene rings is 2. The minimum absolute atomic E-state index is 0.235. The van der Waals surface area contributed by atoms with Gasteiger partial charge in [0.2, 0.25) is 0 Å². The summed E-state index contributed by atoms with van der Waals surface area (Å²) in [5.74, 6) is 0. The highest BCUT2D eigenvalue weighted by atomic mass is 32.2. The van der Waals surface area contributed by atoms with E-state index in [1.165, 1.54) is 0 Å². The number of hydrogen-bond acceptors (Lipinski definition) is 3. The Hall–Kier alpha value is -1.85. The van der Waals surface area contributed by atoms with E-state index in [-0.39, 0.29) is 4.90 Å². The summed E-state index contributed by atoms with van der Waals surface area (Å²) in [5, 5.41) is 0. The first kappa shape index (κ1) is 15.5. The van der Waals surface area contributed by atoms with Crippen LogP contribution in [0, 0.1) is 20.8 Å². The second-order valence-electron chi connectivity index (χ2n) is 5.23. The number of sulfonamides is 1. The predicted octanol–water partition coefficient (Wildman–Crippen LogP) is 2.87. The molecule has 2 aromatic carbocycles. The van der Waals surface area contributed by atoms with Crippen molar-refractivity contribution in [2.24, 2.45) is 5.73 Å². The van der Waals surface area contributed by atoms with Crippen molar-refractivity contribution in [1.29, 1.82) is 0 Å². The Balaban J connectivity index is 2.37. The molecule has 2 aromatic rings. The molecule has 0 spiro atoms. The van der Waals surface area contributed by atoms with Gasteiger partial charge in [0.1, 0.15) is 0 Å². The summed E-state index contributed by atoms with van der Waals surface area (Å²) in [6.07, 6.45) is 0. The summed E-state index contributed by atoms with van der Waals surface area (Å²) < 4.78 is 27.6. The lowest BCUT2D eigenvalue weighted by molar-refractivity contribution is 0.601. The van der Waals surface area contributed by atoms with Crippen LogP contribution in [-0.2, 0) is 16.6 Å². The molecule has 0 unspecified atom stereocenters. The van der Waals surface area contributed by atoms with E-state index >= 15 is 0 Å². The first-order valence-corrected chi connectivity index (χ1v) is 8.21. The van der Waals surface area contributed by atoms with Crippen molar-refractivity contribution < 1.29 is 8.42 Å². The molecule has 0 aliphatic rings. The third kappa shape index (κ3) is 3.43. The standard InChI is InChI=1S/C16H20N2O2S/c1-11-8-12(2)16(13(3)9-11)18-21(19,20)15-6-4-14(10-17)5-7-15/h4-9,18H,10,17H2,1-3H3. The van der Waals surface area contributed by atoms with E-state index in [1.807, 2.05) is 32.9 Å². The first-order chi connectivity index (χ1) is 9.83. The molecule has 5 heteroatoms. The Labute approximate surface area is 126 Å². The van der Waals surface area contributed by atoms with Crippen molar-refractivity contribution in [2.45, 2.75) is 32.2 Å². The molecular formula is C16H20N2O2S. The van der Waals surface area contributed by atoms with Crippen LogP contribution in [0.1, 0.15) is 22.3 Å². The maximum absolute atomic E-state index is 12.4. The van der Waals surface area contributed by atoms with Gasteiger partial charge >= 0.3 is 0 Å². The van der Waals surface area contributed by atoms with Crippen molar-refractivity contribution in [2.75, 3.05) is 4.72 Å². The Kier molecular flexibility index (Phi) is 4.34. The maximum Gasteiger partial charge on any atom is 0.261 e. The summed E-state index contributed by atoms with van der Waals surface area (Å²) in [4.78, 5) is 0.235. The third-order valence-corrected chi connectivity index (χ3v) is 4.75. The molecule has 0 radical (unpaired) electrons. The fraction of sp³-hybridized carbons (Fsp3) is 0.250. The van der Waals surface area contributed by atoms with E-state index in [0.717, 1.165) is 22.3 Å². The molecular weight excluding hydrogens is 284 g/mol. The Morgan fingerprint density at radius 3 is 2.00 bits per heavy atom. The second kappa shape index (κ2) is 5.87. The maximum atomic E-state index is 12.4. The van der Waals surface area contributed by atoms with Crippen LogP contribution in [0.3, 0.4) is 0 Å². The normalized spacial score (nSPS) is 11.4. The van der Waals surface area contributed by atoms with Crippen LogP contribution in [0.2, 0.25) is 0 Å². The van der Waals surface area contributed by atoms with Crippen molar-refractivity contribution in [3.8, 4) is 0 Å². The van der Waals surface area contributed by atoms with Crippen LogP contribution in [-0.4, -0.2) is 8.42 Å². The molecule has 112 valence electrons. The number of nitrogens with two attached hydrogens (primary N) is 1. The van der Waals surface area contributed by atoms with E-state index in [0.29, 0.717) is 12.2 Å². The first-order valence-electron chi connectivity index (χ1n) is 6.73. The van der Waals surface area contributed by atoms with Crippen LogP contribution < -0.4 is 10.5 Å². The monoisotopic (exact) mass is 304 g/mol. The highest BCUT2D eigenvalue weighted by Crippen LogP contribution is 2.25. The topological polar surface area (TPSA) is 72.2 Å². The van der Waals surface area contributed by atoms with Crippen molar-refractivity contribution >= 4 is 15.7 Å². The highest BCUT2D eigenvalue weighted by molar-refractivity contribution is 7.92. The van der Waals surface area contributed by atoms with Crippen LogP contribution in [0.5, 0.6) is 0 Å². The number of aryl methyl sites for hydroxylation is 3. The SMILES string of the molecule is Cc1cc(C)c(NS(=O)(=O)c2ccc(CN)cc2)c(C)c1. The second-order valence-corrected chi connectivity index (χ2v) is 6.91. The molecule has 0 aliphatic heterocycles. The summed E-state index contributed by atoms with van der Waals surface area (Å²) in [6.45, 7) is 6.18. The average Bonchev–Trinajstić information content (AvgIpc) is 2.43. The van der Waals surface area contributed by atoms with Gasteiger partial charge in [-0.2, -0.15) is 0 Å². The highest BCUT2D eigenvalue weighted by Gasteiger charge is 2.16. The number of nitrogens with one attached hydrogen (secondary N) is 1. The molecule has 0 saturated heterocycles. The lowest BCUT2D eigenvalue weighted by Gasteiger charge is -2.14. The van der Waals surface area contributed by atoms with Gasteiger partial charge in [-0.3, -0.25) is 4.72 Å². The van der Waals surface area contributed by atoms with Gasteiger partial charge in [-0.05, 0) is 49.6 Å². The summed E-state index contributed by atoms with van der Waals surface area (Å²) in [5.41, 5.74) is 10.00. The number of anilines is 1. The van der Waals surface area contributed by atoms with Crippen molar-refractivity contribution in [1.82, 2.24) is 0 Å². The zero-order valence-electron chi connectivity index (χ0n) is 12.5. The zero-order chi connectivity index (χ0) is 15.6. The van der Waals surface area contributed by atoms with Gasteiger partial charge in [0.05, 0.1) is 10.6 Å². The zero-order valence-corrected chi connectivity index (χ0v) is 13.3. The Morgan fingerprint density at radius 1 is 1.00 bits per heavy atom. The van der Waals surface area contributed by atoms with E-state index in [1.54, 1.807) is 24.3 Å². The molecule has 0 fully saturated rings. The van der Waals surface area contributed by atoms with E-state index < -0.39 is 10.0 Å². The molecule has 4 nitrogen and oxygen atoms in total. The molecule has 3 N–H and O–H groups in total. The summed E-state index contributed by atoms with van der Waals surface area (Å²) in [7, 11) is -3.59. The van der Waals surface area contributed by atoms with Gasteiger partial charge in [0, 0.05) is 6.54 Å². The molecule has 0 atom stereocenters. The van der Waals surface area contributed by atoms with Crippen LogP contribution in [0.4, 0.5) is 5.69 Å². The van der Waals surface area contributed by atoms with Gasteiger partial charge < -0.3 is 5.73 Å². The molecule has 0 aliphatic carbocycles. The van der Waals surface area contributed by atoms with Crippen molar-refractivity contribution in [3.05, 3.63) is 58.7 Å². The van der Waals surface area contributed by atoms with Gasteiger partial charge in [0.15, 0.2) is 0 Å². The predicted molar refractivity (Wildman–Crippen MR) is 85.8 cm³/mol. The van der Waals surface area contributed by atoms with E-state index in [2.05, 4.69) is 4.72 Å². The van der Waals surface area contributed by atoms with E-state index in [9.17, 15) is 8.42 Å². The quantitative estimate of drug-likeness (QED) is 0.912.